The molecule has 6 nitrogen and oxygen atoms in total. The number of aldehydes is 1. The molecule has 0 aliphatic rings. The maximum Gasteiger partial charge on any atom is 0.311 e. The summed E-state index contributed by atoms with van der Waals surface area (Å²) < 4.78 is 4.79. The van der Waals surface area contributed by atoms with Gasteiger partial charge < -0.3 is 4.74 Å². The molecule has 0 atom stereocenters. The van der Waals surface area contributed by atoms with Crippen molar-refractivity contribution in [2.45, 2.75) is 0 Å². The molecular weight excluding hydrogens is 294 g/mol. The Labute approximate surface area is 105 Å². The van der Waals surface area contributed by atoms with E-state index in [9.17, 15) is 19.7 Å². The maximum atomic E-state index is 11.5. The van der Waals surface area contributed by atoms with Gasteiger partial charge in [0, 0.05) is 17.2 Å². The highest BCUT2D eigenvalue weighted by Gasteiger charge is 2.21. The Morgan fingerprint density at radius 3 is 2.65 bits per heavy atom. The van der Waals surface area contributed by atoms with Gasteiger partial charge in [-0.05, 0) is 6.07 Å². The van der Waals surface area contributed by atoms with Crippen molar-refractivity contribution >= 4 is 33.7 Å². The second-order valence-corrected chi connectivity index (χ2v) is 3.60. The van der Waals surface area contributed by atoms with Crippen LogP contribution in [0.2, 0.25) is 0 Å². The second-order valence-electron chi connectivity index (χ2n) is 3.04. The first-order chi connectivity index (χ1) is 8.04. The summed E-state index contributed by atoms with van der Waals surface area (Å²) in [5.41, 5.74) is -0.274. The Morgan fingerprint density at radius 2 is 2.24 bits per heavy atom. The van der Waals surface area contributed by atoms with Crippen LogP contribution in [0.4, 0.5) is 5.69 Å². The highest BCUT2D eigenvalue weighted by molar-refractivity contribution is 9.09. The van der Waals surface area contributed by atoms with E-state index in [4.69, 9.17) is 4.74 Å². The number of benzene rings is 1. The zero-order valence-electron chi connectivity index (χ0n) is 8.81. The van der Waals surface area contributed by atoms with E-state index in [-0.39, 0.29) is 27.9 Å². The minimum absolute atomic E-state index is 0.00405. The van der Waals surface area contributed by atoms with Crippen LogP contribution in [0.1, 0.15) is 20.7 Å². The maximum absolute atomic E-state index is 11.5. The molecular formula is C10H8BrNO5. The Hall–Kier alpha value is -1.76. The summed E-state index contributed by atoms with van der Waals surface area (Å²) in [6.45, 7) is 0. The summed E-state index contributed by atoms with van der Waals surface area (Å²) >= 11 is 2.95. The van der Waals surface area contributed by atoms with Gasteiger partial charge in [0.25, 0.3) is 0 Å². The number of ether oxygens (including phenoxy) is 1. The molecule has 1 aromatic rings. The standard InChI is InChI=1S/C10H8BrNO5/c1-17-10-2-6(5-13)7(9(14)4-11)3-8(10)12(15)16/h2-3,5H,4H2,1H3. The molecule has 0 aliphatic carbocycles. The van der Waals surface area contributed by atoms with E-state index >= 15 is 0 Å². The van der Waals surface area contributed by atoms with Crippen molar-refractivity contribution in [1.82, 2.24) is 0 Å². The number of alkyl halides is 1. The molecule has 1 rings (SSSR count). The third-order valence-electron chi connectivity index (χ3n) is 2.10. The molecule has 7 heteroatoms. The lowest BCUT2D eigenvalue weighted by Crippen LogP contribution is -2.07. The first-order valence-electron chi connectivity index (χ1n) is 4.46. The molecule has 1 aromatic carbocycles. The molecule has 0 heterocycles. The number of Topliss-reactive ketones (excluding diaryl/α,β-unsaturated/α-hetero) is 1. The van der Waals surface area contributed by atoms with Crippen LogP contribution in [0.5, 0.6) is 5.75 Å². The van der Waals surface area contributed by atoms with Gasteiger partial charge in [0.1, 0.15) is 0 Å². The van der Waals surface area contributed by atoms with Crippen LogP contribution in [-0.2, 0) is 0 Å². The average Bonchev–Trinajstić information content (AvgIpc) is 2.35. The summed E-state index contributed by atoms with van der Waals surface area (Å²) in [5, 5.41) is 10.7. The number of hydrogen-bond acceptors (Lipinski definition) is 5. The second kappa shape index (κ2) is 5.53. The molecule has 0 unspecified atom stereocenters. The number of hydrogen-bond donors (Lipinski definition) is 0. The number of rotatable bonds is 5. The van der Waals surface area contributed by atoms with Crippen LogP contribution in [-0.4, -0.2) is 29.4 Å². The smallest absolute Gasteiger partial charge is 0.311 e. The van der Waals surface area contributed by atoms with Crippen LogP contribution >= 0.6 is 15.9 Å². The van der Waals surface area contributed by atoms with Crippen LogP contribution in [0.15, 0.2) is 12.1 Å². The lowest BCUT2D eigenvalue weighted by atomic mass is 10.0. The number of methoxy groups -OCH3 is 1. The first-order valence-corrected chi connectivity index (χ1v) is 5.58. The minimum Gasteiger partial charge on any atom is -0.490 e. The Kier molecular flexibility index (Phi) is 4.33. The highest BCUT2D eigenvalue weighted by Crippen LogP contribution is 2.30. The number of nitro groups is 1. The number of nitro benzene ring substituents is 1. The van der Waals surface area contributed by atoms with Gasteiger partial charge in [-0.1, -0.05) is 15.9 Å². The summed E-state index contributed by atoms with van der Waals surface area (Å²) in [7, 11) is 1.25. The summed E-state index contributed by atoms with van der Waals surface area (Å²) in [6, 6.07) is 2.23. The lowest BCUT2D eigenvalue weighted by molar-refractivity contribution is -0.385. The van der Waals surface area contributed by atoms with E-state index in [2.05, 4.69) is 15.9 Å². The quantitative estimate of drug-likeness (QED) is 0.273. The fraction of sp³-hybridized carbons (Fsp3) is 0.200. The molecule has 0 fully saturated rings. The summed E-state index contributed by atoms with van der Waals surface area (Å²) in [6.07, 6.45) is 0.460. The van der Waals surface area contributed by atoms with Crippen molar-refractivity contribution in [2.75, 3.05) is 12.4 Å². The predicted octanol–water partition coefficient (Wildman–Crippen LogP) is 1.99. The van der Waals surface area contributed by atoms with Gasteiger partial charge in [0.15, 0.2) is 17.8 Å². The molecule has 17 heavy (non-hydrogen) atoms. The van der Waals surface area contributed by atoms with Gasteiger partial charge in [0.2, 0.25) is 0 Å². The molecule has 0 aromatic heterocycles. The topological polar surface area (TPSA) is 86.5 Å². The van der Waals surface area contributed by atoms with Crippen molar-refractivity contribution in [3.63, 3.8) is 0 Å². The molecule has 0 aliphatic heterocycles. The first kappa shape index (κ1) is 13.3. The van der Waals surface area contributed by atoms with E-state index in [1.807, 2.05) is 0 Å². The molecule has 0 saturated heterocycles. The summed E-state index contributed by atoms with van der Waals surface area (Å²) in [5.74, 6) is -0.457. The van der Waals surface area contributed by atoms with E-state index < -0.39 is 10.7 Å². The van der Waals surface area contributed by atoms with E-state index in [1.165, 1.54) is 13.2 Å². The van der Waals surface area contributed by atoms with Crippen molar-refractivity contribution < 1.29 is 19.2 Å². The molecule has 0 amide bonds. The van der Waals surface area contributed by atoms with Gasteiger partial charge >= 0.3 is 5.69 Å². The average molecular weight is 302 g/mol. The van der Waals surface area contributed by atoms with E-state index in [0.717, 1.165) is 6.07 Å². The highest BCUT2D eigenvalue weighted by atomic mass is 79.9. The van der Waals surface area contributed by atoms with Gasteiger partial charge in [-0.2, -0.15) is 0 Å². The molecule has 0 radical (unpaired) electrons. The van der Waals surface area contributed by atoms with Crippen LogP contribution < -0.4 is 4.74 Å². The van der Waals surface area contributed by atoms with Crippen molar-refractivity contribution in [2.24, 2.45) is 0 Å². The fourth-order valence-electron chi connectivity index (χ4n) is 1.30. The molecule has 0 saturated carbocycles. The summed E-state index contributed by atoms with van der Waals surface area (Å²) in [4.78, 5) is 32.4. The zero-order chi connectivity index (χ0) is 13.0. The fourth-order valence-corrected chi connectivity index (χ4v) is 1.60. The van der Waals surface area contributed by atoms with Crippen molar-refractivity contribution in [3.8, 4) is 5.75 Å². The van der Waals surface area contributed by atoms with Gasteiger partial charge in [-0.3, -0.25) is 19.7 Å². The minimum atomic E-state index is -0.668. The third kappa shape index (κ3) is 2.68. The van der Waals surface area contributed by atoms with Crippen molar-refractivity contribution in [1.29, 1.82) is 0 Å². The Balaban J connectivity index is 3.49. The normalized spacial score (nSPS) is 9.76. The molecule has 0 bridgehead atoms. The van der Waals surface area contributed by atoms with Gasteiger partial charge in [0.05, 0.1) is 17.4 Å². The third-order valence-corrected chi connectivity index (χ3v) is 2.61. The molecule has 0 N–H and O–H groups in total. The number of nitrogens with zero attached hydrogens (tertiary/aromatic N) is 1. The number of halogens is 1. The van der Waals surface area contributed by atoms with E-state index in [1.54, 1.807) is 0 Å². The van der Waals surface area contributed by atoms with Gasteiger partial charge in [-0.15, -0.1) is 0 Å². The zero-order valence-corrected chi connectivity index (χ0v) is 10.4. The van der Waals surface area contributed by atoms with Gasteiger partial charge in [-0.25, -0.2) is 0 Å². The van der Waals surface area contributed by atoms with E-state index in [0.29, 0.717) is 6.29 Å². The number of carbonyl (C=O) groups is 2. The Morgan fingerprint density at radius 1 is 1.59 bits per heavy atom. The van der Waals surface area contributed by atoms with Crippen LogP contribution in [0, 0.1) is 10.1 Å². The monoisotopic (exact) mass is 301 g/mol. The number of ketones is 1. The lowest BCUT2D eigenvalue weighted by Gasteiger charge is -2.06. The van der Waals surface area contributed by atoms with Crippen LogP contribution in [0.25, 0.3) is 0 Å². The molecule has 90 valence electrons. The largest absolute Gasteiger partial charge is 0.490 e. The Bertz CT molecular complexity index is 486. The molecule has 0 spiro atoms. The predicted molar refractivity (Wildman–Crippen MR) is 63.2 cm³/mol. The van der Waals surface area contributed by atoms with Crippen molar-refractivity contribution in [3.05, 3.63) is 33.4 Å². The van der Waals surface area contributed by atoms with Crippen LogP contribution in [0.3, 0.4) is 0 Å². The SMILES string of the molecule is COc1cc(C=O)c(C(=O)CBr)cc1[N+](=O)[O-]. The number of carbonyl (C=O) groups excluding carboxylic acids is 2.